The van der Waals surface area contributed by atoms with E-state index >= 15 is 0 Å². The standard InChI is InChI=1S/C22H19Cl2FN4O/c23-16-3-6-18(19(24)14-16)20-7-8-21(27-26-20)28-9-11-29(12-10-28)22(30)13-15-1-4-17(25)5-2-15/h1-8,14H,9-13H2. The number of carbonyl (C=O) groups is 1. The van der Waals surface area contributed by atoms with Crippen molar-refractivity contribution in [1.29, 1.82) is 0 Å². The Hall–Kier alpha value is -2.70. The van der Waals surface area contributed by atoms with E-state index in [1.165, 1.54) is 12.1 Å². The predicted octanol–water partition coefficient (Wildman–Crippen LogP) is 4.48. The van der Waals surface area contributed by atoms with E-state index in [0.29, 0.717) is 41.9 Å². The summed E-state index contributed by atoms with van der Waals surface area (Å²) in [6, 6.07) is 15.1. The highest BCUT2D eigenvalue weighted by Crippen LogP contribution is 2.29. The largest absolute Gasteiger partial charge is 0.352 e. The third-order valence-electron chi connectivity index (χ3n) is 5.08. The minimum Gasteiger partial charge on any atom is -0.352 e. The van der Waals surface area contributed by atoms with Crippen LogP contribution in [0.5, 0.6) is 0 Å². The van der Waals surface area contributed by atoms with Gasteiger partial charge in [0.25, 0.3) is 0 Å². The van der Waals surface area contributed by atoms with Crippen LogP contribution in [0, 0.1) is 5.82 Å². The topological polar surface area (TPSA) is 49.3 Å². The zero-order chi connectivity index (χ0) is 21.1. The van der Waals surface area contributed by atoms with Crippen LogP contribution in [0.3, 0.4) is 0 Å². The van der Waals surface area contributed by atoms with E-state index in [4.69, 9.17) is 23.2 Å². The molecule has 2 heterocycles. The summed E-state index contributed by atoms with van der Waals surface area (Å²) in [6.45, 7) is 2.55. The van der Waals surface area contributed by atoms with E-state index in [-0.39, 0.29) is 18.1 Å². The van der Waals surface area contributed by atoms with E-state index in [2.05, 4.69) is 15.1 Å². The molecule has 0 radical (unpaired) electrons. The molecule has 1 aliphatic rings. The van der Waals surface area contributed by atoms with E-state index in [1.54, 1.807) is 24.3 Å². The molecule has 0 saturated carbocycles. The number of nitrogens with zero attached hydrogens (tertiary/aromatic N) is 4. The highest BCUT2D eigenvalue weighted by Gasteiger charge is 2.22. The van der Waals surface area contributed by atoms with Crippen molar-refractivity contribution in [1.82, 2.24) is 15.1 Å². The van der Waals surface area contributed by atoms with Crippen LogP contribution in [0.15, 0.2) is 54.6 Å². The molecule has 0 N–H and O–H groups in total. The van der Waals surface area contributed by atoms with E-state index in [0.717, 1.165) is 16.9 Å². The van der Waals surface area contributed by atoms with Gasteiger partial charge < -0.3 is 9.80 Å². The number of anilines is 1. The Bertz CT molecular complexity index is 1040. The third-order valence-corrected chi connectivity index (χ3v) is 5.63. The van der Waals surface area contributed by atoms with Crippen molar-refractivity contribution >= 4 is 34.9 Å². The predicted molar refractivity (Wildman–Crippen MR) is 116 cm³/mol. The van der Waals surface area contributed by atoms with Gasteiger partial charge in [0.2, 0.25) is 5.91 Å². The Morgan fingerprint density at radius 3 is 2.30 bits per heavy atom. The van der Waals surface area contributed by atoms with Crippen molar-refractivity contribution in [2.45, 2.75) is 6.42 Å². The SMILES string of the molecule is O=C(Cc1ccc(F)cc1)N1CCN(c2ccc(-c3ccc(Cl)cc3Cl)nn2)CC1. The van der Waals surface area contributed by atoms with Crippen molar-refractivity contribution in [3.05, 3.63) is 76.0 Å². The number of hydrogen-bond acceptors (Lipinski definition) is 4. The lowest BCUT2D eigenvalue weighted by molar-refractivity contribution is -0.130. The first-order chi connectivity index (χ1) is 14.5. The highest BCUT2D eigenvalue weighted by atomic mass is 35.5. The van der Waals surface area contributed by atoms with Crippen molar-refractivity contribution in [3.8, 4) is 11.3 Å². The number of aromatic nitrogens is 2. The minimum atomic E-state index is -0.301. The number of carbonyl (C=O) groups excluding carboxylic acids is 1. The normalized spacial score (nSPS) is 14.1. The zero-order valence-corrected chi connectivity index (χ0v) is 17.6. The van der Waals surface area contributed by atoms with Gasteiger partial charge in [-0.2, -0.15) is 0 Å². The summed E-state index contributed by atoms with van der Waals surface area (Å²) >= 11 is 12.2. The van der Waals surface area contributed by atoms with Gasteiger partial charge in [-0.3, -0.25) is 4.79 Å². The number of piperazine rings is 1. The molecule has 5 nitrogen and oxygen atoms in total. The highest BCUT2D eigenvalue weighted by molar-refractivity contribution is 6.36. The zero-order valence-electron chi connectivity index (χ0n) is 16.1. The van der Waals surface area contributed by atoms with Crippen LogP contribution >= 0.6 is 23.2 Å². The van der Waals surface area contributed by atoms with Crippen LogP contribution in [0.1, 0.15) is 5.56 Å². The summed E-state index contributed by atoms with van der Waals surface area (Å²) < 4.78 is 13.0. The molecule has 1 aliphatic heterocycles. The molecule has 3 aromatic rings. The molecule has 154 valence electrons. The number of benzene rings is 2. The van der Waals surface area contributed by atoms with Crippen molar-refractivity contribution in [3.63, 3.8) is 0 Å². The van der Waals surface area contributed by atoms with Gasteiger partial charge in [0.15, 0.2) is 5.82 Å². The molecule has 1 saturated heterocycles. The minimum absolute atomic E-state index is 0.0417. The molecular weight excluding hydrogens is 426 g/mol. The maximum Gasteiger partial charge on any atom is 0.227 e. The third kappa shape index (κ3) is 4.71. The van der Waals surface area contributed by atoms with Crippen LogP contribution in [0.25, 0.3) is 11.3 Å². The average molecular weight is 445 g/mol. The number of halogens is 3. The van der Waals surface area contributed by atoms with Gasteiger partial charge in [0.05, 0.1) is 17.1 Å². The van der Waals surface area contributed by atoms with Gasteiger partial charge in [0, 0.05) is 36.8 Å². The van der Waals surface area contributed by atoms with Gasteiger partial charge in [-0.25, -0.2) is 4.39 Å². The molecule has 1 aromatic heterocycles. The Labute approximate surface area is 184 Å². The molecular formula is C22H19Cl2FN4O. The summed E-state index contributed by atoms with van der Waals surface area (Å²) in [7, 11) is 0. The second-order valence-electron chi connectivity index (χ2n) is 7.07. The van der Waals surface area contributed by atoms with Gasteiger partial charge >= 0.3 is 0 Å². The van der Waals surface area contributed by atoms with Gasteiger partial charge in [-0.05, 0) is 48.0 Å². The first kappa shape index (κ1) is 20.6. The second-order valence-corrected chi connectivity index (χ2v) is 7.92. The summed E-state index contributed by atoms with van der Waals surface area (Å²) in [5.74, 6) is 0.500. The van der Waals surface area contributed by atoms with Gasteiger partial charge in [-0.1, -0.05) is 35.3 Å². The second kappa shape index (κ2) is 8.98. The number of hydrogen-bond donors (Lipinski definition) is 0. The fourth-order valence-electron chi connectivity index (χ4n) is 3.41. The molecule has 1 fully saturated rings. The lowest BCUT2D eigenvalue weighted by atomic mass is 10.1. The first-order valence-electron chi connectivity index (χ1n) is 9.56. The Kier molecular flexibility index (Phi) is 6.16. The Morgan fingerprint density at radius 2 is 1.67 bits per heavy atom. The van der Waals surface area contributed by atoms with Crippen LogP contribution in [0.4, 0.5) is 10.2 Å². The molecule has 8 heteroatoms. The average Bonchev–Trinajstić information content (AvgIpc) is 2.76. The summed E-state index contributed by atoms with van der Waals surface area (Å²) in [5.41, 5.74) is 2.26. The Morgan fingerprint density at radius 1 is 0.933 bits per heavy atom. The van der Waals surface area contributed by atoms with Crippen LogP contribution in [-0.2, 0) is 11.2 Å². The fourth-order valence-corrected chi connectivity index (χ4v) is 3.91. The smallest absolute Gasteiger partial charge is 0.227 e. The fraction of sp³-hybridized carbons (Fsp3) is 0.227. The number of amides is 1. The summed E-state index contributed by atoms with van der Waals surface area (Å²) in [5, 5.41) is 9.73. The molecule has 2 aromatic carbocycles. The lowest BCUT2D eigenvalue weighted by Gasteiger charge is -2.35. The van der Waals surface area contributed by atoms with E-state index in [1.807, 2.05) is 23.1 Å². The first-order valence-corrected chi connectivity index (χ1v) is 10.3. The van der Waals surface area contributed by atoms with Crippen molar-refractivity contribution in [2.24, 2.45) is 0 Å². The lowest BCUT2D eigenvalue weighted by Crippen LogP contribution is -2.49. The molecule has 0 aliphatic carbocycles. The quantitative estimate of drug-likeness (QED) is 0.594. The van der Waals surface area contributed by atoms with E-state index in [9.17, 15) is 9.18 Å². The molecule has 4 rings (SSSR count). The van der Waals surface area contributed by atoms with Gasteiger partial charge in [0.1, 0.15) is 5.82 Å². The van der Waals surface area contributed by atoms with Crippen molar-refractivity contribution in [2.75, 3.05) is 31.1 Å². The number of rotatable bonds is 4. The maximum absolute atomic E-state index is 13.0. The molecule has 1 amide bonds. The molecule has 0 unspecified atom stereocenters. The molecule has 0 bridgehead atoms. The molecule has 30 heavy (non-hydrogen) atoms. The molecule has 0 atom stereocenters. The summed E-state index contributed by atoms with van der Waals surface area (Å²) in [6.07, 6.45) is 0.274. The van der Waals surface area contributed by atoms with Crippen LogP contribution < -0.4 is 4.90 Å². The maximum atomic E-state index is 13.0. The van der Waals surface area contributed by atoms with Crippen LogP contribution in [-0.4, -0.2) is 47.2 Å². The van der Waals surface area contributed by atoms with Gasteiger partial charge in [-0.15, -0.1) is 10.2 Å². The Balaban J connectivity index is 1.35. The molecule has 0 spiro atoms. The van der Waals surface area contributed by atoms with E-state index < -0.39 is 0 Å². The van der Waals surface area contributed by atoms with Crippen LogP contribution in [0.2, 0.25) is 10.0 Å². The van der Waals surface area contributed by atoms with Crippen molar-refractivity contribution < 1.29 is 9.18 Å². The summed E-state index contributed by atoms with van der Waals surface area (Å²) in [4.78, 5) is 16.4. The monoisotopic (exact) mass is 444 g/mol.